The van der Waals surface area contributed by atoms with Crippen LogP contribution in [-0.2, 0) is 16.0 Å². The summed E-state index contributed by atoms with van der Waals surface area (Å²) >= 11 is 0. The Hall–Kier alpha value is -1.66. The average molecular weight is 320 g/mol. The Labute approximate surface area is 135 Å². The van der Waals surface area contributed by atoms with Crippen LogP contribution in [0.5, 0.6) is 0 Å². The molecule has 1 aromatic rings. The second-order valence-electron chi connectivity index (χ2n) is 6.48. The topological polar surface area (TPSA) is 42.0 Å². The second kappa shape index (κ2) is 6.09. The van der Waals surface area contributed by atoms with Crippen LogP contribution in [0.1, 0.15) is 24.8 Å². The highest BCUT2D eigenvalue weighted by Crippen LogP contribution is 2.33. The lowest BCUT2D eigenvalue weighted by atomic mass is 10.0. The quantitative estimate of drug-likeness (QED) is 0.797. The minimum atomic E-state index is -0.360. The van der Waals surface area contributed by atoms with E-state index in [1.165, 1.54) is 12.1 Å². The SMILES string of the molecule is O=C1OC[C@@H]2CCN(C3CCOCC3)Cc3ccc(F)cc3N12. The summed E-state index contributed by atoms with van der Waals surface area (Å²) in [5.74, 6) is -0.319. The van der Waals surface area contributed by atoms with Gasteiger partial charge in [0.25, 0.3) is 0 Å². The van der Waals surface area contributed by atoms with Gasteiger partial charge >= 0.3 is 6.09 Å². The summed E-state index contributed by atoms with van der Waals surface area (Å²) in [5.41, 5.74) is 1.65. The molecule has 0 N–H and O–H groups in total. The van der Waals surface area contributed by atoms with Crippen LogP contribution in [0, 0.1) is 5.82 Å². The first kappa shape index (κ1) is 14.9. The van der Waals surface area contributed by atoms with E-state index in [1.54, 1.807) is 11.0 Å². The zero-order valence-corrected chi connectivity index (χ0v) is 13.0. The predicted molar refractivity (Wildman–Crippen MR) is 82.9 cm³/mol. The molecule has 3 aliphatic heterocycles. The highest BCUT2D eigenvalue weighted by atomic mass is 19.1. The van der Waals surface area contributed by atoms with E-state index in [2.05, 4.69) is 4.90 Å². The number of nitrogens with zero attached hydrogens (tertiary/aromatic N) is 2. The number of anilines is 1. The van der Waals surface area contributed by atoms with E-state index < -0.39 is 0 Å². The Kier molecular flexibility index (Phi) is 3.95. The molecule has 5 nitrogen and oxygen atoms in total. The summed E-state index contributed by atoms with van der Waals surface area (Å²) in [7, 11) is 0. The average Bonchev–Trinajstić information content (AvgIpc) is 2.91. The largest absolute Gasteiger partial charge is 0.447 e. The minimum Gasteiger partial charge on any atom is -0.447 e. The molecular formula is C17H21FN2O3. The maximum absolute atomic E-state index is 13.8. The molecule has 0 radical (unpaired) electrons. The normalized spacial score (nSPS) is 26.2. The lowest BCUT2D eigenvalue weighted by molar-refractivity contribution is 0.0293. The number of carbonyl (C=O) groups excluding carboxylic acids is 1. The molecule has 2 fully saturated rings. The zero-order chi connectivity index (χ0) is 15.8. The van der Waals surface area contributed by atoms with Crippen molar-refractivity contribution in [3.05, 3.63) is 29.6 Å². The molecule has 23 heavy (non-hydrogen) atoms. The van der Waals surface area contributed by atoms with Gasteiger partial charge in [-0.05, 0) is 37.0 Å². The third-order valence-corrected chi connectivity index (χ3v) is 5.10. The monoisotopic (exact) mass is 320 g/mol. The van der Waals surface area contributed by atoms with Gasteiger partial charge in [0.05, 0.1) is 11.7 Å². The van der Waals surface area contributed by atoms with Gasteiger partial charge in [-0.1, -0.05) is 6.07 Å². The summed E-state index contributed by atoms with van der Waals surface area (Å²) < 4.78 is 24.4. The number of rotatable bonds is 1. The Balaban J connectivity index is 1.68. The molecule has 0 unspecified atom stereocenters. The molecule has 0 aliphatic carbocycles. The first-order valence-corrected chi connectivity index (χ1v) is 8.28. The number of benzene rings is 1. The fourth-order valence-corrected chi connectivity index (χ4v) is 3.84. The van der Waals surface area contributed by atoms with Crippen LogP contribution in [0.15, 0.2) is 18.2 Å². The molecular weight excluding hydrogens is 299 g/mol. The Morgan fingerprint density at radius 2 is 1.96 bits per heavy atom. The van der Waals surface area contributed by atoms with Gasteiger partial charge in [0, 0.05) is 32.3 Å². The van der Waals surface area contributed by atoms with Gasteiger partial charge in [0.1, 0.15) is 12.4 Å². The number of ether oxygens (including phenoxy) is 2. The van der Waals surface area contributed by atoms with Gasteiger partial charge in [0.15, 0.2) is 0 Å². The van der Waals surface area contributed by atoms with Crippen LogP contribution in [0.4, 0.5) is 14.9 Å². The zero-order valence-electron chi connectivity index (χ0n) is 13.0. The number of hydrogen-bond donors (Lipinski definition) is 0. The van der Waals surface area contributed by atoms with E-state index in [-0.39, 0.29) is 18.0 Å². The Morgan fingerprint density at radius 3 is 2.78 bits per heavy atom. The lowest BCUT2D eigenvalue weighted by Gasteiger charge is -2.38. The molecule has 1 amide bonds. The molecule has 0 aromatic heterocycles. The maximum Gasteiger partial charge on any atom is 0.414 e. The maximum atomic E-state index is 13.8. The molecule has 0 saturated carbocycles. The van der Waals surface area contributed by atoms with Crippen molar-refractivity contribution in [1.29, 1.82) is 0 Å². The van der Waals surface area contributed by atoms with Crippen LogP contribution in [0.2, 0.25) is 0 Å². The fourth-order valence-electron chi connectivity index (χ4n) is 3.84. The van der Waals surface area contributed by atoms with Crippen molar-refractivity contribution in [2.45, 2.75) is 37.9 Å². The van der Waals surface area contributed by atoms with E-state index >= 15 is 0 Å². The van der Waals surface area contributed by atoms with Crippen LogP contribution >= 0.6 is 0 Å². The van der Waals surface area contributed by atoms with Crippen molar-refractivity contribution < 1.29 is 18.7 Å². The molecule has 3 heterocycles. The second-order valence-corrected chi connectivity index (χ2v) is 6.48. The Bertz CT molecular complexity index is 604. The first-order valence-electron chi connectivity index (χ1n) is 8.28. The van der Waals surface area contributed by atoms with E-state index in [0.29, 0.717) is 18.3 Å². The number of amides is 1. The third kappa shape index (κ3) is 2.81. The molecule has 1 aromatic carbocycles. The highest BCUT2D eigenvalue weighted by Gasteiger charge is 2.38. The van der Waals surface area contributed by atoms with Gasteiger partial charge in [0.2, 0.25) is 0 Å². The van der Waals surface area contributed by atoms with E-state index in [1.807, 2.05) is 0 Å². The van der Waals surface area contributed by atoms with Crippen molar-refractivity contribution in [2.24, 2.45) is 0 Å². The molecule has 2 saturated heterocycles. The molecule has 6 heteroatoms. The number of hydrogen-bond acceptors (Lipinski definition) is 4. The van der Waals surface area contributed by atoms with Gasteiger partial charge in [-0.2, -0.15) is 0 Å². The number of carbonyl (C=O) groups is 1. The standard InChI is InChI=1S/C17H21FN2O3/c18-13-2-1-12-10-19(14-4-7-22-8-5-14)6-3-15-11-23-17(21)20(15)16(12)9-13/h1-2,9,14-15H,3-8,10-11H2/t15-/m0/s1. The van der Waals surface area contributed by atoms with Crippen molar-refractivity contribution in [3.8, 4) is 0 Å². The number of fused-ring (bicyclic) bond motifs is 3. The minimum absolute atomic E-state index is 0.00862. The fraction of sp³-hybridized carbons (Fsp3) is 0.588. The molecule has 124 valence electrons. The van der Waals surface area contributed by atoms with Gasteiger partial charge in [-0.15, -0.1) is 0 Å². The van der Waals surface area contributed by atoms with Crippen LogP contribution in [0.25, 0.3) is 0 Å². The van der Waals surface area contributed by atoms with Crippen molar-refractivity contribution in [1.82, 2.24) is 4.90 Å². The van der Waals surface area contributed by atoms with E-state index in [4.69, 9.17) is 9.47 Å². The molecule has 4 rings (SSSR count). The highest BCUT2D eigenvalue weighted by molar-refractivity contribution is 5.91. The van der Waals surface area contributed by atoms with Gasteiger partial charge < -0.3 is 9.47 Å². The lowest BCUT2D eigenvalue weighted by Crippen LogP contribution is -2.45. The molecule has 0 bridgehead atoms. The number of halogens is 1. The van der Waals surface area contributed by atoms with Gasteiger partial charge in [-0.25, -0.2) is 9.18 Å². The predicted octanol–water partition coefficient (Wildman–Crippen LogP) is 2.54. The van der Waals surface area contributed by atoms with Crippen LogP contribution < -0.4 is 4.90 Å². The van der Waals surface area contributed by atoms with Crippen LogP contribution in [-0.4, -0.2) is 49.4 Å². The van der Waals surface area contributed by atoms with Crippen molar-refractivity contribution in [2.75, 3.05) is 31.3 Å². The summed E-state index contributed by atoms with van der Waals surface area (Å²) in [5, 5.41) is 0. The van der Waals surface area contributed by atoms with Gasteiger partial charge in [-0.3, -0.25) is 9.80 Å². The summed E-state index contributed by atoms with van der Waals surface area (Å²) in [6.45, 7) is 3.63. The van der Waals surface area contributed by atoms with E-state index in [9.17, 15) is 9.18 Å². The summed E-state index contributed by atoms with van der Waals surface area (Å²) in [6.07, 6.45) is 2.54. The first-order chi connectivity index (χ1) is 11.2. The third-order valence-electron chi connectivity index (χ3n) is 5.10. The van der Waals surface area contributed by atoms with Crippen LogP contribution in [0.3, 0.4) is 0 Å². The smallest absolute Gasteiger partial charge is 0.414 e. The van der Waals surface area contributed by atoms with Crippen molar-refractivity contribution >= 4 is 11.8 Å². The summed E-state index contributed by atoms with van der Waals surface area (Å²) in [6, 6.07) is 5.21. The number of cyclic esters (lactones) is 1. The van der Waals surface area contributed by atoms with E-state index in [0.717, 1.165) is 51.1 Å². The van der Waals surface area contributed by atoms with Crippen molar-refractivity contribution in [3.63, 3.8) is 0 Å². The molecule has 1 atom stereocenters. The summed E-state index contributed by atoms with van der Waals surface area (Å²) in [4.78, 5) is 16.2. The molecule has 3 aliphatic rings. The Morgan fingerprint density at radius 1 is 1.13 bits per heavy atom. The molecule has 0 spiro atoms.